The van der Waals surface area contributed by atoms with E-state index >= 15 is 0 Å². The molecular formula is C8H9NO4. The summed E-state index contributed by atoms with van der Waals surface area (Å²) in [7, 11) is 1.55. The molecule has 0 saturated heterocycles. The van der Waals surface area contributed by atoms with Gasteiger partial charge in [0.25, 0.3) is 0 Å². The highest BCUT2D eigenvalue weighted by molar-refractivity contribution is 5.41. The molecule has 0 aliphatic carbocycles. The molecule has 1 aromatic rings. The molecule has 1 aromatic heterocycles. The summed E-state index contributed by atoms with van der Waals surface area (Å²) in [6.45, 7) is 0.367. The molecule has 1 heterocycles. The zero-order chi connectivity index (χ0) is 9.68. The summed E-state index contributed by atoms with van der Waals surface area (Å²) in [6, 6.07) is 3.36. The van der Waals surface area contributed by atoms with E-state index < -0.39 is 4.92 Å². The Hall–Kier alpha value is -1.62. The van der Waals surface area contributed by atoms with Crippen LogP contribution in [0.5, 0.6) is 0 Å². The third kappa shape index (κ3) is 3.08. The second kappa shape index (κ2) is 4.42. The van der Waals surface area contributed by atoms with Gasteiger partial charge in [-0.05, 0) is 12.1 Å². The van der Waals surface area contributed by atoms with E-state index in [0.29, 0.717) is 18.1 Å². The first-order valence-electron chi connectivity index (χ1n) is 3.61. The van der Waals surface area contributed by atoms with Gasteiger partial charge in [-0.25, -0.2) is 0 Å². The average Bonchev–Trinajstić information content (AvgIpc) is 2.50. The number of hydrogen-bond acceptors (Lipinski definition) is 4. The van der Waals surface area contributed by atoms with Crippen molar-refractivity contribution in [1.29, 1.82) is 0 Å². The number of methoxy groups -OCH3 is 1. The lowest BCUT2D eigenvalue weighted by molar-refractivity contribution is -0.401. The molecule has 0 radical (unpaired) electrons. The largest absolute Gasteiger partial charge is 0.459 e. The Kier molecular flexibility index (Phi) is 3.22. The van der Waals surface area contributed by atoms with E-state index in [-0.39, 0.29) is 0 Å². The Morgan fingerprint density at radius 3 is 3.08 bits per heavy atom. The monoisotopic (exact) mass is 183 g/mol. The predicted octanol–water partition coefficient (Wildman–Crippen LogP) is 1.67. The van der Waals surface area contributed by atoms with Crippen LogP contribution in [0.1, 0.15) is 11.5 Å². The van der Waals surface area contributed by atoms with Gasteiger partial charge in [0, 0.05) is 7.11 Å². The highest BCUT2D eigenvalue weighted by Gasteiger charge is 1.99. The fourth-order valence-electron chi connectivity index (χ4n) is 0.838. The summed E-state index contributed by atoms with van der Waals surface area (Å²) in [4.78, 5) is 9.41. The fraction of sp³-hybridized carbons (Fsp3) is 0.250. The molecule has 70 valence electrons. The maximum absolute atomic E-state index is 9.96. The first-order valence-corrected chi connectivity index (χ1v) is 3.61. The van der Waals surface area contributed by atoms with Crippen molar-refractivity contribution in [2.24, 2.45) is 0 Å². The van der Waals surface area contributed by atoms with Crippen molar-refractivity contribution >= 4 is 6.08 Å². The number of nitro groups is 1. The van der Waals surface area contributed by atoms with Crippen molar-refractivity contribution in [1.82, 2.24) is 0 Å². The zero-order valence-electron chi connectivity index (χ0n) is 7.10. The van der Waals surface area contributed by atoms with Gasteiger partial charge in [0.05, 0.1) is 11.0 Å². The van der Waals surface area contributed by atoms with Crippen molar-refractivity contribution in [3.05, 3.63) is 40.0 Å². The Balaban J connectivity index is 2.63. The van der Waals surface area contributed by atoms with E-state index in [1.807, 2.05) is 0 Å². The quantitative estimate of drug-likeness (QED) is 0.526. The van der Waals surface area contributed by atoms with Gasteiger partial charge in [-0.1, -0.05) is 0 Å². The van der Waals surface area contributed by atoms with Gasteiger partial charge in [-0.15, -0.1) is 0 Å². The SMILES string of the molecule is COCc1ccc(/C=C/[N+](=O)[O-])o1. The summed E-state index contributed by atoms with van der Waals surface area (Å²) in [5.41, 5.74) is 0. The van der Waals surface area contributed by atoms with E-state index in [9.17, 15) is 10.1 Å². The van der Waals surface area contributed by atoms with Gasteiger partial charge in [-0.3, -0.25) is 10.1 Å². The standard InChI is InChI=1S/C8H9NO4/c1-12-6-8-3-2-7(13-8)4-5-9(10)11/h2-5H,6H2,1H3/b5-4+. The van der Waals surface area contributed by atoms with Gasteiger partial charge < -0.3 is 9.15 Å². The number of rotatable bonds is 4. The molecule has 0 bridgehead atoms. The molecule has 0 amide bonds. The number of furan rings is 1. The summed E-state index contributed by atoms with van der Waals surface area (Å²) < 4.78 is 9.97. The van der Waals surface area contributed by atoms with Crippen LogP contribution in [0.15, 0.2) is 22.7 Å². The first-order chi connectivity index (χ1) is 6.22. The lowest BCUT2D eigenvalue weighted by atomic mass is 10.4. The topological polar surface area (TPSA) is 65.5 Å². The number of nitrogens with zero attached hydrogens (tertiary/aromatic N) is 1. The smallest absolute Gasteiger partial charge is 0.238 e. The minimum absolute atomic E-state index is 0.367. The van der Waals surface area contributed by atoms with Crippen molar-refractivity contribution in [3.63, 3.8) is 0 Å². The van der Waals surface area contributed by atoms with Crippen LogP contribution in [0.25, 0.3) is 6.08 Å². The van der Waals surface area contributed by atoms with Gasteiger partial charge in [-0.2, -0.15) is 0 Å². The van der Waals surface area contributed by atoms with Crippen molar-refractivity contribution < 1.29 is 14.1 Å². The third-order valence-electron chi connectivity index (χ3n) is 1.33. The van der Waals surface area contributed by atoms with Crippen LogP contribution >= 0.6 is 0 Å². The van der Waals surface area contributed by atoms with Gasteiger partial charge >= 0.3 is 0 Å². The van der Waals surface area contributed by atoms with Crippen molar-refractivity contribution in [2.75, 3.05) is 7.11 Å². The molecule has 0 N–H and O–H groups in total. The fourth-order valence-corrected chi connectivity index (χ4v) is 0.838. The lowest BCUT2D eigenvalue weighted by Crippen LogP contribution is -1.82. The first kappa shape index (κ1) is 9.47. The van der Waals surface area contributed by atoms with Crippen LogP contribution in [0.2, 0.25) is 0 Å². The highest BCUT2D eigenvalue weighted by Crippen LogP contribution is 2.10. The van der Waals surface area contributed by atoms with E-state index in [0.717, 1.165) is 6.20 Å². The van der Waals surface area contributed by atoms with E-state index in [1.165, 1.54) is 6.08 Å². The maximum Gasteiger partial charge on any atom is 0.238 e. The molecule has 0 fully saturated rings. The average molecular weight is 183 g/mol. The Bertz CT molecular complexity index is 316. The summed E-state index contributed by atoms with van der Waals surface area (Å²) in [5, 5.41) is 9.96. The Labute approximate surface area is 74.8 Å². The molecule has 0 spiro atoms. The molecule has 0 saturated carbocycles. The molecule has 0 aliphatic rings. The van der Waals surface area contributed by atoms with Gasteiger partial charge in [0.2, 0.25) is 6.20 Å². The predicted molar refractivity (Wildman–Crippen MR) is 45.4 cm³/mol. The molecule has 0 aromatic carbocycles. The van der Waals surface area contributed by atoms with Crippen LogP contribution in [0.3, 0.4) is 0 Å². The molecule has 1 rings (SSSR count). The zero-order valence-corrected chi connectivity index (χ0v) is 7.10. The van der Waals surface area contributed by atoms with E-state index in [4.69, 9.17) is 9.15 Å². The molecule has 13 heavy (non-hydrogen) atoms. The summed E-state index contributed by atoms with van der Waals surface area (Å²) >= 11 is 0. The molecular weight excluding hydrogens is 174 g/mol. The van der Waals surface area contributed by atoms with Crippen LogP contribution < -0.4 is 0 Å². The van der Waals surface area contributed by atoms with Crippen LogP contribution in [-0.2, 0) is 11.3 Å². The Morgan fingerprint density at radius 1 is 1.69 bits per heavy atom. The number of hydrogen-bond donors (Lipinski definition) is 0. The second-order valence-corrected chi connectivity index (χ2v) is 2.34. The third-order valence-corrected chi connectivity index (χ3v) is 1.33. The summed E-state index contributed by atoms with van der Waals surface area (Å²) in [6.07, 6.45) is 2.12. The molecule has 5 nitrogen and oxygen atoms in total. The highest BCUT2D eigenvalue weighted by atomic mass is 16.6. The normalized spacial score (nSPS) is 10.8. The maximum atomic E-state index is 9.96. The van der Waals surface area contributed by atoms with Crippen molar-refractivity contribution in [2.45, 2.75) is 6.61 Å². The van der Waals surface area contributed by atoms with Crippen LogP contribution in [0, 0.1) is 10.1 Å². The minimum atomic E-state index is -0.543. The molecule has 0 aliphatic heterocycles. The number of ether oxygens (including phenoxy) is 1. The summed E-state index contributed by atoms with van der Waals surface area (Å²) in [5.74, 6) is 1.09. The molecule has 0 atom stereocenters. The van der Waals surface area contributed by atoms with Crippen LogP contribution in [-0.4, -0.2) is 12.0 Å². The van der Waals surface area contributed by atoms with Crippen LogP contribution in [0.4, 0.5) is 0 Å². The Morgan fingerprint density at radius 2 is 2.46 bits per heavy atom. The van der Waals surface area contributed by atoms with E-state index in [2.05, 4.69) is 0 Å². The molecule has 0 unspecified atom stereocenters. The van der Waals surface area contributed by atoms with Crippen molar-refractivity contribution in [3.8, 4) is 0 Å². The molecule has 5 heteroatoms. The minimum Gasteiger partial charge on any atom is -0.459 e. The van der Waals surface area contributed by atoms with Gasteiger partial charge in [0.15, 0.2) is 0 Å². The second-order valence-electron chi connectivity index (χ2n) is 2.34. The van der Waals surface area contributed by atoms with E-state index in [1.54, 1.807) is 19.2 Å². The van der Waals surface area contributed by atoms with Gasteiger partial charge in [0.1, 0.15) is 18.1 Å². The lowest BCUT2D eigenvalue weighted by Gasteiger charge is -1.90.